The molecule has 0 unspecified atom stereocenters. The van der Waals surface area contributed by atoms with E-state index in [0.29, 0.717) is 49.1 Å². The first-order valence-electron chi connectivity index (χ1n) is 12.3. The standard InChI is InChI=1S/C29H32Br2N2O5/c1-35-25-12-20(23(30)14-27(25)37-3)17-32(18-21-13-26(36-2)28(38-4)15-24(21)31)16-19-7-9-22(10-8-19)33-11-5-6-29(33)34/h7-10,12-15H,5-6,11,16-18H2,1-4H3. The zero-order valence-corrected chi connectivity index (χ0v) is 25.2. The van der Waals surface area contributed by atoms with Crippen molar-refractivity contribution in [1.29, 1.82) is 0 Å². The summed E-state index contributed by atoms with van der Waals surface area (Å²) >= 11 is 7.43. The van der Waals surface area contributed by atoms with E-state index in [0.717, 1.165) is 44.3 Å². The second kappa shape index (κ2) is 12.9. The van der Waals surface area contributed by atoms with E-state index in [9.17, 15) is 4.79 Å². The molecular weight excluding hydrogens is 616 g/mol. The van der Waals surface area contributed by atoms with E-state index in [1.54, 1.807) is 28.4 Å². The van der Waals surface area contributed by atoms with Gasteiger partial charge >= 0.3 is 0 Å². The number of ether oxygens (including phenoxy) is 4. The highest BCUT2D eigenvalue weighted by molar-refractivity contribution is 9.10. The molecule has 1 heterocycles. The molecule has 4 rings (SSSR count). The van der Waals surface area contributed by atoms with E-state index in [2.05, 4.69) is 48.9 Å². The zero-order chi connectivity index (χ0) is 27.2. The molecule has 0 radical (unpaired) electrons. The van der Waals surface area contributed by atoms with Crippen molar-refractivity contribution >= 4 is 43.5 Å². The minimum Gasteiger partial charge on any atom is -0.493 e. The van der Waals surface area contributed by atoms with Gasteiger partial charge in [0.05, 0.1) is 28.4 Å². The van der Waals surface area contributed by atoms with Gasteiger partial charge in [-0.2, -0.15) is 0 Å². The van der Waals surface area contributed by atoms with Crippen molar-refractivity contribution in [2.45, 2.75) is 32.5 Å². The smallest absolute Gasteiger partial charge is 0.227 e. The first-order chi connectivity index (χ1) is 18.4. The summed E-state index contributed by atoms with van der Waals surface area (Å²) in [5.41, 5.74) is 4.23. The summed E-state index contributed by atoms with van der Waals surface area (Å²) in [7, 11) is 6.54. The molecule has 1 aliphatic heterocycles. The maximum atomic E-state index is 12.2. The summed E-state index contributed by atoms with van der Waals surface area (Å²) in [5, 5.41) is 0. The van der Waals surface area contributed by atoms with Crippen LogP contribution < -0.4 is 23.8 Å². The predicted molar refractivity (Wildman–Crippen MR) is 155 cm³/mol. The van der Waals surface area contributed by atoms with Gasteiger partial charge in [-0.05, 0) is 59.5 Å². The van der Waals surface area contributed by atoms with Crippen molar-refractivity contribution in [2.75, 3.05) is 39.9 Å². The Balaban J connectivity index is 1.64. The lowest BCUT2D eigenvalue weighted by molar-refractivity contribution is -0.117. The molecule has 3 aromatic carbocycles. The van der Waals surface area contributed by atoms with Crippen molar-refractivity contribution in [3.05, 3.63) is 74.2 Å². The quantitative estimate of drug-likeness (QED) is 0.235. The fraction of sp³-hybridized carbons (Fsp3) is 0.345. The summed E-state index contributed by atoms with van der Waals surface area (Å²) in [6, 6.07) is 16.1. The molecule has 1 amide bonds. The molecule has 202 valence electrons. The van der Waals surface area contributed by atoms with E-state index >= 15 is 0 Å². The van der Waals surface area contributed by atoms with Crippen molar-refractivity contribution in [2.24, 2.45) is 0 Å². The van der Waals surface area contributed by atoms with E-state index in [-0.39, 0.29) is 5.91 Å². The normalized spacial score (nSPS) is 13.2. The maximum absolute atomic E-state index is 12.2. The summed E-state index contributed by atoms with van der Waals surface area (Å²) in [4.78, 5) is 16.4. The average molecular weight is 648 g/mol. The largest absolute Gasteiger partial charge is 0.493 e. The van der Waals surface area contributed by atoms with Crippen LogP contribution in [0.3, 0.4) is 0 Å². The van der Waals surface area contributed by atoms with Gasteiger partial charge in [-0.25, -0.2) is 0 Å². The molecule has 0 aromatic heterocycles. The zero-order valence-electron chi connectivity index (χ0n) is 22.1. The number of halogens is 2. The number of benzene rings is 3. The molecule has 1 fully saturated rings. The Labute approximate surface area is 240 Å². The van der Waals surface area contributed by atoms with E-state index in [1.165, 1.54) is 0 Å². The number of hydrogen-bond acceptors (Lipinski definition) is 6. The minimum atomic E-state index is 0.191. The predicted octanol–water partition coefficient (Wildman–Crippen LogP) is 6.58. The van der Waals surface area contributed by atoms with Gasteiger partial charge in [0.2, 0.25) is 5.91 Å². The van der Waals surface area contributed by atoms with Gasteiger partial charge in [-0.1, -0.05) is 44.0 Å². The van der Waals surface area contributed by atoms with Gasteiger partial charge in [-0.15, -0.1) is 0 Å². The molecule has 1 aliphatic rings. The number of carbonyl (C=O) groups is 1. The second-order valence-corrected chi connectivity index (χ2v) is 10.8. The number of amides is 1. The Morgan fingerprint density at radius 1 is 0.737 bits per heavy atom. The molecule has 0 N–H and O–H groups in total. The summed E-state index contributed by atoms with van der Waals surface area (Å²) < 4.78 is 23.9. The Morgan fingerprint density at radius 3 is 1.63 bits per heavy atom. The van der Waals surface area contributed by atoms with Crippen LogP contribution in [-0.4, -0.2) is 45.8 Å². The maximum Gasteiger partial charge on any atom is 0.227 e. The van der Waals surface area contributed by atoms with Gasteiger partial charge in [-0.3, -0.25) is 9.69 Å². The van der Waals surface area contributed by atoms with Gasteiger partial charge < -0.3 is 23.8 Å². The van der Waals surface area contributed by atoms with Crippen LogP contribution in [-0.2, 0) is 24.4 Å². The highest BCUT2D eigenvalue weighted by Gasteiger charge is 2.22. The lowest BCUT2D eigenvalue weighted by Gasteiger charge is -2.25. The molecule has 9 heteroatoms. The van der Waals surface area contributed by atoms with Gasteiger partial charge in [0, 0.05) is 47.2 Å². The molecule has 38 heavy (non-hydrogen) atoms. The van der Waals surface area contributed by atoms with Gasteiger partial charge in [0.25, 0.3) is 0 Å². The first-order valence-corrected chi connectivity index (χ1v) is 13.9. The Hall–Kier alpha value is -2.75. The van der Waals surface area contributed by atoms with E-state index in [1.807, 2.05) is 41.3 Å². The van der Waals surface area contributed by atoms with Crippen LogP contribution in [0.4, 0.5) is 5.69 Å². The van der Waals surface area contributed by atoms with Gasteiger partial charge in [0.15, 0.2) is 23.0 Å². The molecule has 0 atom stereocenters. The number of methoxy groups -OCH3 is 4. The summed E-state index contributed by atoms with van der Waals surface area (Å²) in [6.07, 6.45) is 1.53. The highest BCUT2D eigenvalue weighted by atomic mass is 79.9. The molecule has 1 saturated heterocycles. The van der Waals surface area contributed by atoms with Crippen LogP contribution >= 0.6 is 31.9 Å². The van der Waals surface area contributed by atoms with Crippen molar-refractivity contribution in [1.82, 2.24) is 4.90 Å². The minimum absolute atomic E-state index is 0.191. The fourth-order valence-corrected chi connectivity index (χ4v) is 5.54. The Morgan fingerprint density at radius 2 is 1.21 bits per heavy atom. The van der Waals surface area contributed by atoms with Crippen LogP contribution in [0, 0.1) is 0 Å². The summed E-state index contributed by atoms with van der Waals surface area (Å²) in [6.45, 7) is 2.77. The molecule has 0 spiro atoms. The Kier molecular flexibility index (Phi) is 9.57. The lowest BCUT2D eigenvalue weighted by atomic mass is 10.1. The van der Waals surface area contributed by atoms with Crippen LogP contribution in [0.1, 0.15) is 29.5 Å². The van der Waals surface area contributed by atoms with Crippen molar-refractivity contribution in [3.63, 3.8) is 0 Å². The monoisotopic (exact) mass is 646 g/mol. The van der Waals surface area contributed by atoms with Gasteiger partial charge in [0.1, 0.15) is 0 Å². The lowest BCUT2D eigenvalue weighted by Crippen LogP contribution is -2.24. The number of rotatable bonds is 11. The van der Waals surface area contributed by atoms with Crippen LogP contribution in [0.2, 0.25) is 0 Å². The molecule has 0 saturated carbocycles. The van der Waals surface area contributed by atoms with E-state index < -0.39 is 0 Å². The SMILES string of the molecule is COc1cc(Br)c(CN(Cc2ccc(N3CCCC3=O)cc2)Cc2cc(OC)c(OC)cc2Br)cc1OC. The van der Waals surface area contributed by atoms with Crippen molar-refractivity contribution in [3.8, 4) is 23.0 Å². The molecule has 0 bridgehead atoms. The third-order valence-corrected chi connectivity index (χ3v) is 8.10. The molecule has 0 aliphatic carbocycles. The first kappa shape index (κ1) is 28.3. The number of nitrogens with zero attached hydrogens (tertiary/aromatic N) is 2. The van der Waals surface area contributed by atoms with Crippen LogP contribution in [0.15, 0.2) is 57.5 Å². The van der Waals surface area contributed by atoms with E-state index in [4.69, 9.17) is 18.9 Å². The highest BCUT2D eigenvalue weighted by Crippen LogP contribution is 2.36. The third kappa shape index (κ3) is 6.45. The fourth-order valence-electron chi connectivity index (χ4n) is 4.65. The average Bonchev–Trinajstić information content (AvgIpc) is 3.36. The number of carbonyl (C=O) groups excluding carboxylic acids is 1. The third-order valence-electron chi connectivity index (χ3n) is 6.62. The Bertz CT molecular complexity index is 1220. The molecular formula is C29H32Br2N2O5. The molecule has 7 nitrogen and oxygen atoms in total. The number of hydrogen-bond donors (Lipinski definition) is 0. The van der Waals surface area contributed by atoms with Crippen LogP contribution in [0.5, 0.6) is 23.0 Å². The second-order valence-electron chi connectivity index (χ2n) is 9.06. The van der Waals surface area contributed by atoms with Crippen molar-refractivity contribution < 1.29 is 23.7 Å². The molecule has 3 aromatic rings. The topological polar surface area (TPSA) is 60.5 Å². The number of anilines is 1. The van der Waals surface area contributed by atoms with Crippen LogP contribution in [0.25, 0.3) is 0 Å². The summed E-state index contributed by atoms with van der Waals surface area (Å²) in [5.74, 6) is 2.89.